The molecule has 1 N–H and O–H groups in total. The van der Waals surface area contributed by atoms with Gasteiger partial charge in [0.05, 0.1) is 12.2 Å². The Morgan fingerprint density at radius 2 is 2.11 bits per heavy atom. The predicted molar refractivity (Wildman–Crippen MR) is 72.5 cm³/mol. The SMILES string of the molecule is CNCc1nc(C)cc(-c2ccc3ncoc3c2)n1. The van der Waals surface area contributed by atoms with E-state index >= 15 is 0 Å². The molecule has 1 aromatic carbocycles. The minimum absolute atomic E-state index is 0.652. The molecule has 0 fully saturated rings. The monoisotopic (exact) mass is 254 g/mol. The van der Waals surface area contributed by atoms with Crippen LogP contribution >= 0.6 is 0 Å². The van der Waals surface area contributed by atoms with Crippen molar-refractivity contribution in [2.24, 2.45) is 0 Å². The highest BCUT2D eigenvalue weighted by atomic mass is 16.3. The lowest BCUT2D eigenvalue weighted by Crippen LogP contribution is -2.10. The first kappa shape index (κ1) is 11.8. The molecule has 0 aliphatic rings. The molecule has 19 heavy (non-hydrogen) atoms. The van der Waals surface area contributed by atoms with E-state index in [9.17, 15) is 0 Å². The van der Waals surface area contributed by atoms with Crippen molar-refractivity contribution in [3.63, 3.8) is 0 Å². The van der Waals surface area contributed by atoms with Crippen molar-refractivity contribution in [1.82, 2.24) is 20.3 Å². The van der Waals surface area contributed by atoms with E-state index in [-0.39, 0.29) is 0 Å². The van der Waals surface area contributed by atoms with Crippen LogP contribution in [0.25, 0.3) is 22.4 Å². The van der Waals surface area contributed by atoms with Gasteiger partial charge >= 0.3 is 0 Å². The number of benzene rings is 1. The molecule has 2 aromatic heterocycles. The summed E-state index contributed by atoms with van der Waals surface area (Å²) in [7, 11) is 1.88. The number of hydrogen-bond acceptors (Lipinski definition) is 5. The van der Waals surface area contributed by atoms with Crippen LogP contribution in [0.3, 0.4) is 0 Å². The zero-order valence-electron chi connectivity index (χ0n) is 10.8. The summed E-state index contributed by atoms with van der Waals surface area (Å²) in [6, 6.07) is 7.85. The first-order chi connectivity index (χ1) is 9.26. The van der Waals surface area contributed by atoms with Crippen LogP contribution in [-0.4, -0.2) is 22.0 Å². The number of fused-ring (bicyclic) bond motifs is 1. The molecule has 0 saturated carbocycles. The van der Waals surface area contributed by atoms with E-state index in [0.717, 1.165) is 33.9 Å². The van der Waals surface area contributed by atoms with Crippen LogP contribution in [0.5, 0.6) is 0 Å². The molecular weight excluding hydrogens is 240 g/mol. The minimum atomic E-state index is 0.652. The zero-order chi connectivity index (χ0) is 13.2. The van der Waals surface area contributed by atoms with E-state index < -0.39 is 0 Å². The van der Waals surface area contributed by atoms with E-state index in [1.165, 1.54) is 6.39 Å². The van der Waals surface area contributed by atoms with Crippen molar-refractivity contribution in [3.8, 4) is 11.3 Å². The van der Waals surface area contributed by atoms with Gasteiger partial charge < -0.3 is 9.73 Å². The van der Waals surface area contributed by atoms with E-state index in [2.05, 4.69) is 20.3 Å². The first-order valence-electron chi connectivity index (χ1n) is 6.09. The van der Waals surface area contributed by atoms with E-state index in [1.807, 2.05) is 38.2 Å². The fourth-order valence-corrected chi connectivity index (χ4v) is 2.03. The molecule has 0 amide bonds. The summed E-state index contributed by atoms with van der Waals surface area (Å²) in [6.07, 6.45) is 1.45. The van der Waals surface area contributed by atoms with Crippen LogP contribution in [0, 0.1) is 6.92 Å². The van der Waals surface area contributed by atoms with Crippen molar-refractivity contribution in [3.05, 3.63) is 42.2 Å². The maximum atomic E-state index is 5.32. The molecule has 0 spiro atoms. The molecule has 0 bridgehead atoms. The molecule has 5 heteroatoms. The van der Waals surface area contributed by atoms with Crippen molar-refractivity contribution >= 4 is 11.1 Å². The van der Waals surface area contributed by atoms with E-state index in [0.29, 0.717) is 6.54 Å². The van der Waals surface area contributed by atoms with Gasteiger partial charge in [-0.15, -0.1) is 0 Å². The van der Waals surface area contributed by atoms with Gasteiger partial charge in [0.25, 0.3) is 0 Å². The van der Waals surface area contributed by atoms with Gasteiger partial charge in [0, 0.05) is 11.3 Å². The summed E-state index contributed by atoms with van der Waals surface area (Å²) >= 11 is 0. The summed E-state index contributed by atoms with van der Waals surface area (Å²) in [6.45, 7) is 2.62. The average Bonchev–Trinajstić information content (AvgIpc) is 2.85. The second kappa shape index (κ2) is 4.78. The summed E-state index contributed by atoms with van der Waals surface area (Å²) in [4.78, 5) is 13.0. The van der Waals surface area contributed by atoms with Gasteiger partial charge in [-0.3, -0.25) is 0 Å². The molecule has 5 nitrogen and oxygen atoms in total. The summed E-state index contributed by atoms with van der Waals surface area (Å²) in [5.41, 5.74) is 4.48. The van der Waals surface area contributed by atoms with E-state index in [4.69, 9.17) is 4.42 Å². The molecule has 0 saturated heterocycles. The van der Waals surface area contributed by atoms with Crippen molar-refractivity contribution < 1.29 is 4.42 Å². The fourth-order valence-electron chi connectivity index (χ4n) is 2.03. The van der Waals surface area contributed by atoms with Gasteiger partial charge in [0.1, 0.15) is 11.3 Å². The number of rotatable bonds is 3. The lowest BCUT2D eigenvalue weighted by atomic mass is 10.1. The summed E-state index contributed by atoms with van der Waals surface area (Å²) in [5, 5.41) is 3.06. The van der Waals surface area contributed by atoms with E-state index in [1.54, 1.807) is 0 Å². The Balaban J connectivity index is 2.09. The van der Waals surface area contributed by atoms with Crippen LogP contribution < -0.4 is 5.32 Å². The topological polar surface area (TPSA) is 63.8 Å². The van der Waals surface area contributed by atoms with Crippen molar-refractivity contribution in [1.29, 1.82) is 0 Å². The van der Waals surface area contributed by atoms with Gasteiger partial charge in [-0.1, -0.05) is 6.07 Å². The van der Waals surface area contributed by atoms with Crippen LogP contribution in [0.2, 0.25) is 0 Å². The maximum absolute atomic E-state index is 5.32. The highest BCUT2D eigenvalue weighted by Crippen LogP contribution is 2.22. The standard InChI is InChI=1S/C14H14N4O/c1-9-5-12(18-14(17-9)7-15-2)10-3-4-11-13(6-10)19-8-16-11/h3-6,8,15H,7H2,1-2H3. The third-order valence-corrected chi connectivity index (χ3v) is 2.86. The summed E-state index contributed by atoms with van der Waals surface area (Å²) in [5.74, 6) is 0.787. The van der Waals surface area contributed by atoms with Crippen molar-refractivity contribution in [2.75, 3.05) is 7.05 Å². The van der Waals surface area contributed by atoms with Gasteiger partial charge in [-0.2, -0.15) is 0 Å². The Kier molecular flexibility index (Phi) is 2.97. The summed E-state index contributed by atoms with van der Waals surface area (Å²) < 4.78 is 5.32. The number of nitrogens with zero attached hydrogens (tertiary/aromatic N) is 3. The molecule has 0 unspecified atom stereocenters. The van der Waals surface area contributed by atoms with Crippen LogP contribution in [0.4, 0.5) is 0 Å². The lowest BCUT2D eigenvalue weighted by molar-refractivity contribution is 0.602. The molecule has 3 rings (SSSR count). The second-order valence-electron chi connectivity index (χ2n) is 4.38. The molecule has 96 valence electrons. The highest BCUT2D eigenvalue weighted by molar-refractivity contribution is 5.78. The number of aromatic nitrogens is 3. The number of hydrogen-bond donors (Lipinski definition) is 1. The Morgan fingerprint density at radius 1 is 1.21 bits per heavy atom. The quantitative estimate of drug-likeness (QED) is 0.777. The third-order valence-electron chi connectivity index (χ3n) is 2.86. The lowest BCUT2D eigenvalue weighted by Gasteiger charge is -2.05. The predicted octanol–water partition coefficient (Wildman–Crippen LogP) is 2.31. The normalized spacial score (nSPS) is 11.1. The molecule has 0 atom stereocenters. The number of oxazole rings is 1. The molecular formula is C14H14N4O. The first-order valence-corrected chi connectivity index (χ1v) is 6.09. The smallest absolute Gasteiger partial charge is 0.181 e. The highest BCUT2D eigenvalue weighted by Gasteiger charge is 2.07. The molecule has 3 aromatic rings. The molecule has 2 heterocycles. The Labute approximate surface area is 110 Å². The van der Waals surface area contributed by atoms with Crippen LogP contribution in [0.1, 0.15) is 11.5 Å². The van der Waals surface area contributed by atoms with Crippen LogP contribution in [-0.2, 0) is 6.54 Å². The third kappa shape index (κ3) is 2.32. The van der Waals surface area contributed by atoms with Gasteiger partial charge in [-0.05, 0) is 32.2 Å². The minimum Gasteiger partial charge on any atom is -0.443 e. The number of nitrogens with one attached hydrogen (secondary N) is 1. The fraction of sp³-hybridized carbons (Fsp3) is 0.214. The van der Waals surface area contributed by atoms with Gasteiger partial charge in [-0.25, -0.2) is 15.0 Å². The van der Waals surface area contributed by atoms with Gasteiger partial charge in [0.15, 0.2) is 12.0 Å². The zero-order valence-corrected chi connectivity index (χ0v) is 10.8. The maximum Gasteiger partial charge on any atom is 0.181 e. The average molecular weight is 254 g/mol. The second-order valence-corrected chi connectivity index (χ2v) is 4.38. The largest absolute Gasteiger partial charge is 0.443 e. The van der Waals surface area contributed by atoms with Gasteiger partial charge in [0.2, 0.25) is 0 Å². The molecule has 0 aliphatic carbocycles. The van der Waals surface area contributed by atoms with Crippen molar-refractivity contribution in [2.45, 2.75) is 13.5 Å². The molecule has 0 radical (unpaired) electrons. The Morgan fingerprint density at radius 3 is 2.95 bits per heavy atom. The number of aryl methyl sites for hydroxylation is 1. The molecule has 0 aliphatic heterocycles. The van der Waals surface area contributed by atoms with Crippen LogP contribution in [0.15, 0.2) is 35.1 Å². The Bertz CT molecular complexity index is 720. The Hall–Kier alpha value is -2.27.